The predicted octanol–water partition coefficient (Wildman–Crippen LogP) is 6.41. The molecule has 188 valence electrons. The van der Waals surface area contributed by atoms with Crippen molar-refractivity contribution in [1.82, 2.24) is 0 Å². The number of amides is 1. The van der Waals surface area contributed by atoms with Crippen molar-refractivity contribution in [2.24, 2.45) is 4.99 Å². The lowest BCUT2D eigenvalue weighted by atomic mass is 10.1. The second-order valence-electron chi connectivity index (χ2n) is 8.08. The van der Waals surface area contributed by atoms with Gasteiger partial charge in [-0.05, 0) is 66.9 Å². The minimum Gasteiger partial charge on any atom is -0.506 e. The molecule has 0 fully saturated rings. The molecule has 1 N–H and O–H groups in total. The number of carbonyl (C=O) groups is 2. The van der Waals surface area contributed by atoms with Crippen LogP contribution in [-0.2, 0) is 16.1 Å². The van der Waals surface area contributed by atoms with Gasteiger partial charge in [0, 0.05) is 5.56 Å². The number of aliphatic hydroxyl groups excluding tert-OH is 1. The topological polar surface area (TPSA) is 85.2 Å². The highest BCUT2D eigenvalue weighted by Gasteiger charge is 2.34. The van der Waals surface area contributed by atoms with Gasteiger partial charge in [-0.25, -0.2) is 14.2 Å². The summed E-state index contributed by atoms with van der Waals surface area (Å²) in [6.07, 6.45) is 1.68. The summed E-state index contributed by atoms with van der Waals surface area (Å²) >= 11 is 1.02. The molecule has 0 radical (unpaired) electrons. The average molecular weight is 518 g/mol. The van der Waals surface area contributed by atoms with E-state index < -0.39 is 11.9 Å². The van der Waals surface area contributed by atoms with Crippen LogP contribution in [0.25, 0.3) is 6.08 Å². The molecule has 1 heterocycles. The highest BCUT2D eigenvalue weighted by molar-refractivity contribution is 8.18. The fourth-order valence-electron chi connectivity index (χ4n) is 3.56. The van der Waals surface area contributed by atoms with Gasteiger partial charge in [-0.2, -0.15) is 0 Å². The van der Waals surface area contributed by atoms with Crippen LogP contribution in [0.4, 0.5) is 4.39 Å². The van der Waals surface area contributed by atoms with Crippen molar-refractivity contribution in [3.63, 3.8) is 0 Å². The molecule has 1 aliphatic rings. The fraction of sp³-hybridized carbons (Fsp3) is 0.138. The lowest BCUT2D eigenvalue weighted by Crippen LogP contribution is -2.14. The van der Waals surface area contributed by atoms with Gasteiger partial charge in [0.05, 0.1) is 11.5 Å². The molecule has 0 bridgehead atoms. The van der Waals surface area contributed by atoms with Crippen molar-refractivity contribution in [3.05, 3.63) is 117 Å². The third kappa shape index (κ3) is 6.34. The van der Waals surface area contributed by atoms with Crippen LogP contribution in [0.5, 0.6) is 5.75 Å². The molecule has 0 spiro atoms. The van der Waals surface area contributed by atoms with Gasteiger partial charge in [-0.1, -0.05) is 54.2 Å². The van der Waals surface area contributed by atoms with Crippen molar-refractivity contribution < 1.29 is 28.6 Å². The first-order chi connectivity index (χ1) is 17.9. The number of ether oxygens (including phenoxy) is 2. The third-order valence-electron chi connectivity index (χ3n) is 5.42. The summed E-state index contributed by atoms with van der Waals surface area (Å²) < 4.78 is 24.2. The normalized spacial score (nSPS) is 15.3. The number of thioether (sulfide) groups is 1. The van der Waals surface area contributed by atoms with Gasteiger partial charge in [-0.3, -0.25) is 4.79 Å². The van der Waals surface area contributed by atoms with E-state index >= 15 is 0 Å². The van der Waals surface area contributed by atoms with E-state index in [1.165, 1.54) is 12.1 Å². The lowest BCUT2D eigenvalue weighted by Gasteiger charge is -2.07. The highest BCUT2D eigenvalue weighted by atomic mass is 32.2. The summed E-state index contributed by atoms with van der Waals surface area (Å²) in [5.74, 6) is -1.31. The summed E-state index contributed by atoms with van der Waals surface area (Å²) in [4.78, 5) is 29.9. The van der Waals surface area contributed by atoms with Gasteiger partial charge < -0.3 is 14.6 Å². The summed E-state index contributed by atoms with van der Waals surface area (Å²) in [6.45, 7) is 3.78. The van der Waals surface area contributed by atoms with Crippen LogP contribution in [0.2, 0.25) is 0 Å². The second-order valence-corrected chi connectivity index (χ2v) is 9.11. The quantitative estimate of drug-likeness (QED) is 0.364. The Labute approximate surface area is 218 Å². The molecule has 0 saturated heterocycles. The molecule has 4 rings (SSSR count). The molecule has 0 saturated carbocycles. The number of carbonyl (C=O) groups excluding carboxylic acids is 2. The zero-order chi connectivity index (χ0) is 26.4. The minimum atomic E-state index is -0.756. The Kier molecular flexibility index (Phi) is 8.20. The average Bonchev–Trinajstić information content (AvgIpc) is 3.18. The van der Waals surface area contributed by atoms with Crippen molar-refractivity contribution in [1.29, 1.82) is 0 Å². The number of hydrogen-bond donors (Lipinski definition) is 1. The maximum atomic E-state index is 13.3. The first kappa shape index (κ1) is 25.9. The summed E-state index contributed by atoms with van der Waals surface area (Å²) in [6, 6.07) is 20.2. The molecule has 1 amide bonds. The van der Waals surface area contributed by atoms with Crippen LogP contribution >= 0.6 is 11.8 Å². The molecule has 3 aromatic rings. The predicted molar refractivity (Wildman–Crippen MR) is 142 cm³/mol. The number of aryl methyl sites for hydroxylation is 1. The molecule has 8 heteroatoms. The molecular formula is C29H24FNO5S. The number of esters is 1. The SMILES string of the molecule is CCOC(=O)C1=C(O)C(=Cc2ccc(OCc3cccc(F)c3)cc2)SC1=NC(=O)c1ccccc1C. The second kappa shape index (κ2) is 11.7. The van der Waals surface area contributed by atoms with Gasteiger partial charge in [0.2, 0.25) is 0 Å². The van der Waals surface area contributed by atoms with Crippen LogP contribution in [0.1, 0.15) is 34.0 Å². The first-order valence-corrected chi connectivity index (χ1v) is 12.3. The molecule has 0 aromatic heterocycles. The molecule has 6 nitrogen and oxygen atoms in total. The van der Waals surface area contributed by atoms with Gasteiger partial charge in [0.15, 0.2) is 0 Å². The number of nitrogens with zero attached hydrogens (tertiary/aromatic N) is 1. The number of halogens is 1. The zero-order valence-electron chi connectivity index (χ0n) is 20.2. The van der Waals surface area contributed by atoms with Crippen LogP contribution < -0.4 is 4.74 Å². The first-order valence-electron chi connectivity index (χ1n) is 11.5. The van der Waals surface area contributed by atoms with Crippen LogP contribution in [-0.4, -0.2) is 28.6 Å². The van der Waals surface area contributed by atoms with Crippen molar-refractivity contribution in [2.75, 3.05) is 6.61 Å². The third-order valence-corrected chi connectivity index (χ3v) is 6.44. The maximum Gasteiger partial charge on any atom is 0.344 e. The molecule has 0 aliphatic carbocycles. The van der Waals surface area contributed by atoms with Crippen LogP contribution in [0, 0.1) is 12.7 Å². The van der Waals surface area contributed by atoms with Crippen LogP contribution in [0.3, 0.4) is 0 Å². The number of aliphatic hydroxyl groups is 1. The van der Waals surface area contributed by atoms with Gasteiger partial charge >= 0.3 is 5.97 Å². The molecule has 0 atom stereocenters. The monoisotopic (exact) mass is 517 g/mol. The molecular weight excluding hydrogens is 493 g/mol. The Balaban J connectivity index is 1.56. The number of aliphatic imine (C=N–C) groups is 1. The van der Waals surface area contributed by atoms with Gasteiger partial charge in [-0.15, -0.1) is 0 Å². The van der Waals surface area contributed by atoms with Crippen molar-refractivity contribution in [2.45, 2.75) is 20.5 Å². The van der Waals surface area contributed by atoms with E-state index in [9.17, 15) is 19.1 Å². The van der Waals surface area contributed by atoms with Gasteiger partial charge in [0.1, 0.15) is 34.5 Å². The van der Waals surface area contributed by atoms with E-state index in [1.807, 2.05) is 6.07 Å². The Morgan fingerprint density at radius 1 is 1.05 bits per heavy atom. The van der Waals surface area contributed by atoms with E-state index in [0.717, 1.165) is 22.9 Å². The summed E-state index contributed by atoms with van der Waals surface area (Å²) in [5.41, 5.74) is 2.45. The largest absolute Gasteiger partial charge is 0.506 e. The van der Waals surface area contributed by atoms with E-state index in [0.29, 0.717) is 21.8 Å². The number of rotatable bonds is 7. The fourth-order valence-corrected chi connectivity index (χ4v) is 4.57. The minimum absolute atomic E-state index is 0.0745. The standard InChI is InChI=1S/C29H24FNO5S/c1-3-35-29(34)25-26(32)24(37-28(25)31-27(33)23-10-5-4-7-18(23)2)16-19-11-13-22(14-12-19)36-17-20-8-6-9-21(30)15-20/h4-16,32H,3,17H2,1-2H3. The Hall–Kier alpha value is -4.17. The van der Waals surface area contributed by atoms with E-state index in [-0.39, 0.29) is 35.4 Å². The van der Waals surface area contributed by atoms with Crippen molar-refractivity contribution >= 4 is 34.8 Å². The van der Waals surface area contributed by atoms with Gasteiger partial charge in [0.25, 0.3) is 5.91 Å². The summed E-state index contributed by atoms with van der Waals surface area (Å²) in [7, 11) is 0. The lowest BCUT2D eigenvalue weighted by molar-refractivity contribution is -0.138. The van der Waals surface area contributed by atoms with E-state index in [4.69, 9.17) is 9.47 Å². The number of benzene rings is 3. The molecule has 37 heavy (non-hydrogen) atoms. The number of hydrogen-bond acceptors (Lipinski definition) is 6. The maximum absolute atomic E-state index is 13.3. The summed E-state index contributed by atoms with van der Waals surface area (Å²) in [5, 5.41) is 10.9. The highest BCUT2D eigenvalue weighted by Crippen LogP contribution is 2.39. The van der Waals surface area contributed by atoms with E-state index in [2.05, 4.69) is 4.99 Å². The Morgan fingerprint density at radius 3 is 2.51 bits per heavy atom. The Bertz CT molecular complexity index is 1430. The van der Waals surface area contributed by atoms with Crippen LogP contribution in [0.15, 0.2) is 94.0 Å². The van der Waals surface area contributed by atoms with E-state index in [1.54, 1.807) is 74.5 Å². The Morgan fingerprint density at radius 2 is 1.81 bits per heavy atom. The molecule has 0 unspecified atom stereocenters. The zero-order valence-corrected chi connectivity index (χ0v) is 21.0. The smallest absolute Gasteiger partial charge is 0.344 e. The van der Waals surface area contributed by atoms with Crippen molar-refractivity contribution in [3.8, 4) is 5.75 Å². The molecule has 3 aromatic carbocycles. The molecule has 1 aliphatic heterocycles.